The average molecular weight is 271 g/mol. The maximum absolute atomic E-state index is 12.4. The first-order chi connectivity index (χ1) is 8.26. The number of aliphatic hydroxyl groups is 1. The second kappa shape index (κ2) is 4.22. The third-order valence-electron chi connectivity index (χ3n) is 2.97. The van der Waals surface area contributed by atoms with E-state index in [1.807, 2.05) is 6.92 Å². The maximum Gasteiger partial charge on any atom is 0.246 e. The van der Waals surface area contributed by atoms with Crippen LogP contribution in [0.25, 0.3) is 0 Å². The molecule has 0 aromatic heterocycles. The van der Waals surface area contributed by atoms with E-state index < -0.39 is 15.6 Å². The molecule has 0 radical (unpaired) electrons. The van der Waals surface area contributed by atoms with Crippen LogP contribution in [-0.2, 0) is 10.0 Å². The molecule has 1 aliphatic rings. The highest BCUT2D eigenvalue weighted by Gasteiger charge is 2.44. The molecule has 1 N–H and O–H groups in total. The second-order valence-electron chi connectivity index (χ2n) is 4.92. The van der Waals surface area contributed by atoms with Crippen molar-refractivity contribution in [3.8, 4) is 5.75 Å². The normalized spacial score (nSPS) is 19.3. The Morgan fingerprint density at radius 2 is 2.00 bits per heavy atom. The number of nitrogens with zero attached hydrogens (tertiary/aromatic N) is 1. The number of benzene rings is 1. The molecule has 100 valence electrons. The van der Waals surface area contributed by atoms with Crippen LogP contribution in [0.5, 0.6) is 5.75 Å². The van der Waals surface area contributed by atoms with Crippen molar-refractivity contribution in [3.63, 3.8) is 0 Å². The van der Waals surface area contributed by atoms with Crippen LogP contribution in [0, 0.1) is 6.92 Å². The molecular formula is C12H17NO4S. The molecule has 1 saturated heterocycles. The van der Waals surface area contributed by atoms with Gasteiger partial charge in [0.1, 0.15) is 10.6 Å². The molecule has 0 bridgehead atoms. The van der Waals surface area contributed by atoms with E-state index in [1.165, 1.54) is 11.4 Å². The molecule has 2 rings (SSSR count). The fourth-order valence-electron chi connectivity index (χ4n) is 2.01. The molecule has 0 amide bonds. The van der Waals surface area contributed by atoms with Gasteiger partial charge in [0.2, 0.25) is 10.0 Å². The van der Waals surface area contributed by atoms with Crippen molar-refractivity contribution in [2.24, 2.45) is 0 Å². The van der Waals surface area contributed by atoms with Gasteiger partial charge in [-0.15, -0.1) is 0 Å². The molecule has 1 fully saturated rings. The zero-order valence-corrected chi connectivity index (χ0v) is 11.5. The summed E-state index contributed by atoms with van der Waals surface area (Å²) >= 11 is 0. The van der Waals surface area contributed by atoms with Crippen molar-refractivity contribution >= 4 is 10.0 Å². The van der Waals surface area contributed by atoms with Crippen LogP contribution in [0.3, 0.4) is 0 Å². The van der Waals surface area contributed by atoms with Crippen molar-refractivity contribution < 1.29 is 18.3 Å². The van der Waals surface area contributed by atoms with Gasteiger partial charge in [0, 0.05) is 13.1 Å². The van der Waals surface area contributed by atoms with Gasteiger partial charge in [-0.1, -0.05) is 6.07 Å². The van der Waals surface area contributed by atoms with Gasteiger partial charge >= 0.3 is 0 Å². The molecule has 1 aliphatic heterocycles. The third-order valence-corrected chi connectivity index (χ3v) is 4.78. The molecule has 1 aromatic carbocycles. The third kappa shape index (κ3) is 2.23. The number of β-amino-alcohol motifs (C(OH)–C–C–N with tert-alkyl or cyclic N) is 1. The summed E-state index contributed by atoms with van der Waals surface area (Å²) in [7, 11) is -2.15. The van der Waals surface area contributed by atoms with Gasteiger partial charge in [0.05, 0.1) is 12.7 Å². The van der Waals surface area contributed by atoms with Crippen LogP contribution in [0.1, 0.15) is 12.5 Å². The number of aryl methyl sites for hydroxylation is 1. The zero-order chi connectivity index (χ0) is 13.6. The number of hydrogen-bond acceptors (Lipinski definition) is 4. The Morgan fingerprint density at radius 3 is 2.50 bits per heavy atom. The lowest BCUT2D eigenvalue weighted by atomic mass is 10.0. The molecule has 0 spiro atoms. The van der Waals surface area contributed by atoms with Crippen LogP contribution in [0.2, 0.25) is 0 Å². The molecule has 0 atom stereocenters. The summed E-state index contributed by atoms with van der Waals surface area (Å²) in [5, 5.41) is 9.64. The fourth-order valence-corrected chi connectivity index (χ4v) is 3.92. The van der Waals surface area contributed by atoms with Crippen LogP contribution in [-0.4, -0.2) is 43.6 Å². The number of ether oxygens (including phenoxy) is 1. The monoisotopic (exact) mass is 271 g/mol. The molecular weight excluding hydrogens is 254 g/mol. The highest BCUT2D eigenvalue weighted by Crippen LogP contribution is 2.32. The van der Waals surface area contributed by atoms with Gasteiger partial charge in [-0.3, -0.25) is 0 Å². The quantitative estimate of drug-likeness (QED) is 0.881. The Balaban J connectivity index is 2.39. The van der Waals surface area contributed by atoms with Crippen molar-refractivity contribution in [2.75, 3.05) is 20.2 Å². The molecule has 1 heterocycles. The Bertz CT molecular complexity index is 557. The van der Waals surface area contributed by atoms with E-state index in [-0.39, 0.29) is 18.0 Å². The Hall–Kier alpha value is -1.11. The van der Waals surface area contributed by atoms with Gasteiger partial charge in [-0.2, -0.15) is 4.31 Å². The van der Waals surface area contributed by atoms with Gasteiger partial charge in [0.25, 0.3) is 0 Å². The molecule has 1 aromatic rings. The van der Waals surface area contributed by atoms with E-state index in [1.54, 1.807) is 25.1 Å². The highest BCUT2D eigenvalue weighted by atomic mass is 32.2. The first-order valence-corrected chi connectivity index (χ1v) is 7.07. The molecule has 18 heavy (non-hydrogen) atoms. The molecule has 0 unspecified atom stereocenters. The maximum atomic E-state index is 12.4. The van der Waals surface area contributed by atoms with Crippen LogP contribution < -0.4 is 4.74 Å². The Kier molecular flexibility index (Phi) is 3.12. The molecule has 6 heteroatoms. The average Bonchev–Trinajstić information content (AvgIpc) is 2.25. The predicted octanol–water partition coefficient (Wildman–Crippen LogP) is 0.759. The summed E-state index contributed by atoms with van der Waals surface area (Å²) in [4.78, 5) is 0.153. The van der Waals surface area contributed by atoms with Gasteiger partial charge in [0.15, 0.2) is 0 Å². The van der Waals surface area contributed by atoms with Crippen molar-refractivity contribution in [1.82, 2.24) is 4.31 Å². The first kappa shape index (κ1) is 13.3. The van der Waals surface area contributed by atoms with Gasteiger partial charge in [-0.25, -0.2) is 8.42 Å². The number of sulfonamides is 1. The summed E-state index contributed by atoms with van der Waals surface area (Å²) < 4.78 is 31.1. The lowest BCUT2D eigenvalue weighted by Gasteiger charge is -2.42. The highest BCUT2D eigenvalue weighted by molar-refractivity contribution is 7.89. The van der Waals surface area contributed by atoms with Gasteiger partial charge in [-0.05, 0) is 31.5 Å². The topological polar surface area (TPSA) is 66.8 Å². The largest absolute Gasteiger partial charge is 0.495 e. The van der Waals surface area contributed by atoms with Crippen LogP contribution >= 0.6 is 0 Å². The second-order valence-corrected chi connectivity index (χ2v) is 6.83. The summed E-state index contributed by atoms with van der Waals surface area (Å²) in [6, 6.07) is 5.02. The van der Waals surface area contributed by atoms with E-state index in [4.69, 9.17) is 4.74 Å². The van der Waals surface area contributed by atoms with E-state index in [0.29, 0.717) is 5.75 Å². The molecule has 5 nitrogen and oxygen atoms in total. The lowest BCUT2D eigenvalue weighted by Crippen LogP contribution is -2.61. The standard InChI is InChI=1S/C12H17NO4S/c1-9-4-5-10(17-3)11(6-9)18(15,16)13-7-12(2,14)8-13/h4-6,14H,7-8H2,1-3H3. The van der Waals surface area contributed by atoms with Crippen LogP contribution in [0.4, 0.5) is 0 Å². The van der Waals surface area contributed by atoms with E-state index in [2.05, 4.69) is 0 Å². The van der Waals surface area contributed by atoms with Gasteiger partial charge < -0.3 is 9.84 Å². The number of methoxy groups -OCH3 is 1. The minimum Gasteiger partial charge on any atom is -0.495 e. The summed E-state index contributed by atoms with van der Waals surface area (Å²) in [5.41, 5.74) is -0.0777. The summed E-state index contributed by atoms with van der Waals surface area (Å²) in [6.45, 7) is 3.68. The van der Waals surface area contributed by atoms with Crippen molar-refractivity contribution in [1.29, 1.82) is 0 Å². The Morgan fingerprint density at radius 1 is 1.39 bits per heavy atom. The van der Waals surface area contributed by atoms with E-state index >= 15 is 0 Å². The molecule has 0 saturated carbocycles. The predicted molar refractivity (Wildman–Crippen MR) is 67.1 cm³/mol. The first-order valence-electron chi connectivity index (χ1n) is 5.63. The lowest BCUT2D eigenvalue weighted by molar-refractivity contribution is -0.0426. The van der Waals surface area contributed by atoms with E-state index in [9.17, 15) is 13.5 Å². The number of rotatable bonds is 3. The minimum absolute atomic E-state index is 0.117. The summed E-state index contributed by atoms with van der Waals surface area (Å²) in [6.07, 6.45) is 0. The minimum atomic E-state index is -3.59. The SMILES string of the molecule is COc1ccc(C)cc1S(=O)(=O)N1CC(C)(O)C1. The van der Waals surface area contributed by atoms with Crippen molar-refractivity contribution in [2.45, 2.75) is 24.3 Å². The molecule has 0 aliphatic carbocycles. The Labute approximate surface area is 107 Å². The van der Waals surface area contributed by atoms with E-state index in [0.717, 1.165) is 5.56 Å². The smallest absolute Gasteiger partial charge is 0.246 e. The van der Waals surface area contributed by atoms with Crippen molar-refractivity contribution in [3.05, 3.63) is 23.8 Å². The summed E-state index contributed by atoms with van der Waals surface area (Å²) in [5.74, 6) is 0.326. The zero-order valence-electron chi connectivity index (χ0n) is 10.7. The van der Waals surface area contributed by atoms with Crippen LogP contribution in [0.15, 0.2) is 23.1 Å². The number of hydrogen-bond donors (Lipinski definition) is 1. The fraction of sp³-hybridized carbons (Fsp3) is 0.500.